The molecule has 0 spiro atoms. The van der Waals surface area contributed by atoms with E-state index < -0.39 is 0 Å². The van der Waals surface area contributed by atoms with E-state index in [1.165, 1.54) is 0 Å². The van der Waals surface area contributed by atoms with Crippen molar-refractivity contribution in [2.75, 3.05) is 12.1 Å². The summed E-state index contributed by atoms with van der Waals surface area (Å²) < 4.78 is 0. The van der Waals surface area contributed by atoms with Gasteiger partial charge in [-0.2, -0.15) is 0 Å². The first kappa shape index (κ1) is 7.31. The molecule has 1 nitrogen and oxygen atoms in total. The normalized spacial score (nSPS) is 10.3. The van der Waals surface area contributed by atoms with Crippen LogP contribution in [0.25, 0.3) is 0 Å². The Kier molecular flexibility index (Phi) is 4.67. The van der Waals surface area contributed by atoms with Crippen molar-refractivity contribution in [1.82, 2.24) is 5.32 Å². The van der Waals surface area contributed by atoms with E-state index in [2.05, 4.69) is 25.4 Å². The quantitative estimate of drug-likeness (QED) is 0.562. The molecule has 0 rings (SSSR count). The van der Waals surface area contributed by atoms with Gasteiger partial charge in [-0.3, -0.25) is 0 Å². The summed E-state index contributed by atoms with van der Waals surface area (Å²) in [6, 6.07) is 0.632. The number of thioether (sulfide) groups is 1. The van der Waals surface area contributed by atoms with Gasteiger partial charge in [-0.15, -0.1) is 11.8 Å². The Morgan fingerprint density at radius 3 is 2.29 bits per heavy atom. The second kappa shape index (κ2) is 4.47. The van der Waals surface area contributed by atoms with Crippen molar-refractivity contribution in [3.8, 4) is 0 Å². The average molecular weight is 119 g/mol. The molecule has 0 aliphatic heterocycles. The maximum atomic E-state index is 3.26. The molecule has 0 aromatic heterocycles. The molecule has 0 radical (unpaired) electrons. The van der Waals surface area contributed by atoms with Gasteiger partial charge in [0.2, 0.25) is 0 Å². The molecule has 0 saturated carbocycles. The third-order valence-corrected chi connectivity index (χ3v) is 1.09. The van der Waals surface area contributed by atoms with Crippen LogP contribution in [0.4, 0.5) is 0 Å². The number of hydrogen-bond acceptors (Lipinski definition) is 2. The summed E-state index contributed by atoms with van der Waals surface area (Å²) in [6.45, 7) is 4.30. The minimum atomic E-state index is 0.632. The lowest BCUT2D eigenvalue weighted by Crippen LogP contribution is -2.21. The Morgan fingerprint density at radius 2 is 2.14 bits per heavy atom. The predicted molar refractivity (Wildman–Crippen MR) is 36.7 cm³/mol. The Labute approximate surface area is 49.9 Å². The van der Waals surface area contributed by atoms with Crippen LogP contribution in [0.1, 0.15) is 13.8 Å². The molecule has 2 heteroatoms. The molecule has 0 amide bonds. The van der Waals surface area contributed by atoms with Crippen molar-refractivity contribution < 1.29 is 0 Å². The van der Waals surface area contributed by atoms with Gasteiger partial charge in [-0.25, -0.2) is 0 Å². The molecule has 0 fully saturated rings. The van der Waals surface area contributed by atoms with E-state index >= 15 is 0 Å². The fourth-order valence-corrected chi connectivity index (χ4v) is 0.750. The maximum absolute atomic E-state index is 3.26. The van der Waals surface area contributed by atoms with Crippen molar-refractivity contribution in [2.24, 2.45) is 0 Å². The summed E-state index contributed by atoms with van der Waals surface area (Å²) in [7, 11) is 0. The van der Waals surface area contributed by atoms with Gasteiger partial charge >= 0.3 is 0 Å². The molecular formula is C5H13NS. The van der Waals surface area contributed by atoms with E-state index in [0.717, 1.165) is 5.88 Å². The van der Waals surface area contributed by atoms with Crippen LogP contribution in [-0.4, -0.2) is 18.2 Å². The summed E-state index contributed by atoms with van der Waals surface area (Å²) in [4.78, 5) is 0. The van der Waals surface area contributed by atoms with Crippen LogP contribution in [0.5, 0.6) is 0 Å². The Balaban J connectivity index is 2.68. The highest BCUT2D eigenvalue weighted by molar-refractivity contribution is 7.98. The third-order valence-electron chi connectivity index (χ3n) is 0.636. The lowest BCUT2D eigenvalue weighted by Gasteiger charge is -2.03. The van der Waals surface area contributed by atoms with Gasteiger partial charge in [0.1, 0.15) is 0 Å². The van der Waals surface area contributed by atoms with Crippen LogP contribution in [0, 0.1) is 0 Å². The second-order valence-corrected chi connectivity index (χ2v) is 2.66. The highest BCUT2D eigenvalue weighted by Gasteiger charge is 1.85. The summed E-state index contributed by atoms with van der Waals surface area (Å²) >= 11 is 1.82. The van der Waals surface area contributed by atoms with Crippen LogP contribution in [0.2, 0.25) is 0 Å². The second-order valence-electron chi connectivity index (χ2n) is 1.79. The molecule has 0 aromatic rings. The highest BCUT2D eigenvalue weighted by atomic mass is 32.2. The predicted octanol–water partition coefficient (Wildman–Crippen LogP) is 1.30. The summed E-state index contributed by atoms with van der Waals surface area (Å²) in [6.07, 6.45) is 2.09. The van der Waals surface area contributed by atoms with Crippen LogP contribution >= 0.6 is 11.8 Å². The average Bonchev–Trinajstić information content (AvgIpc) is 1.61. The Bertz CT molecular complexity index is 37.1. The van der Waals surface area contributed by atoms with Gasteiger partial charge in [0.15, 0.2) is 0 Å². The molecule has 0 heterocycles. The largest absolute Gasteiger partial charge is 0.306 e. The van der Waals surface area contributed by atoms with Crippen molar-refractivity contribution >= 4 is 11.8 Å². The monoisotopic (exact) mass is 119 g/mol. The van der Waals surface area contributed by atoms with Crippen LogP contribution in [0.3, 0.4) is 0 Å². The van der Waals surface area contributed by atoms with Crippen molar-refractivity contribution in [3.63, 3.8) is 0 Å². The van der Waals surface area contributed by atoms with Gasteiger partial charge < -0.3 is 5.32 Å². The zero-order valence-corrected chi connectivity index (χ0v) is 6.01. The van der Waals surface area contributed by atoms with E-state index in [-0.39, 0.29) is 0 Å². The molecule has 0 bridgehead atoms. The van der Waals surface area contributed by atoms with Gasteiger partial charge in [0.25, 0.3) is 0 Å². The summed E-state index contributed by atoms with van der Waals surface area (Å²) in [5, 5.41) is 3.26. The summed E-state index contributed by atoms with van der Waals surface area (Å²) in [5.74, 6) is 1.07. The lowest BCUT2D eigenvalue weighted by molar-refractivity contribution is 0.655. The highest BCUT2D eigenvalue weighted by Crippen LogP contribution is 1.86. The van der Waals surface area contributed by atoms with Crippen molar-refractivity contribution in [1.29, 1.82) is 0 Å². The number of rotatable bonds is 3. The number of nitrogens with one attached hydrogen (secondary N) is 1. The Hall–Kier alpha value is 0.310. The van der Waals surface area contributed by atoms with E-state index in [1.54, 1.807) is 0 Å². The molecule has 1 N–H and O–H groups in total. The van der Waals surface area contributed by atoms with Gasteiger partial charge in [0.05, 0.1) is 0 Å². The zero-order valence-electron chi connectivity index (χ0n) is 5.19. The first-order valence-electron chi connectivity index (χ1n) is 2.49. The van der Waals surface area contributed by atoms with Crippen molar-refractivity contribution in [3.05, 3.63) is 0 Å². The number of hydrogen-bond donors (Lipinski definition) is 1. The fourth-order valence-electron chi connectivity index (χ4n) is 0.250. The SMILES string of the molecule is CSCNC(C)C. The molecule has 0 aliphatic carbocycles. The maximum Gasteiger partial charge on any atom is 0.0416 e. The van der Waals surface area contributed by atoms with E-state index in [9.17, 15) is 0 Å². The standard InChI is InChI=1S/C5H13NS/c1-5(2)6-4-7-3/h5-6H,4H2,1-3H3. The topological polar surface area (TPSA) is 12.0 Å². The van der Waals surface area contributed by atoms with Gasteiger partial charge in [-0.1, -0.05) is 13.8 Å². The molecule has 0 saturated heterocycles. The zero-order chi connectivity index (χ0) is 5.70. The van der Waals surface area contributed by atoms with Crippen LogP contribution < -0.4 is 5.32 Å². The smallest absolute Gasteiger partial charge is 0.0416 e. The minimum absolute atomic E-state index is 0.632. The van der Waals surface area contributed by atoms with Crippen LogP contribution in [-0.2, 0) is 0 Å². The third kappa shape index (κ3) is 6.31. The van der Waals surface area contributed by atoms with Gasteiger partial charge in [0, 0.05) is 11.9 Å². The van der Waals surface area contributed by atoms with Crippen molar-refractivity contribution in [2.45, 2.75) is 19.9 Å². The fraction of sp³-hybridized carbons (Fsp3) is 1.00. The molecule has 0 unspecified atom stereocenters. The summed E-state index contributed by atoms with van der Waals surface area (Å²) in [5.41, 5.74) is 0. The Morgan fingerprint density at radius 1 is 1.57 bits per heavy atom. The first-order chi connectivity index (χ1) is 3.27. The molecule has 0 aromatic carbocycles. The first-order valence-corrected chi connectivity index (χ1v) is 3.89. The van der Waals surface area contributed by atoms with E-state index in [1.807, 2.05) is 11.8 Å². The molecular weight excluding hydrogens is 106 g/mol. The molecule has 7 heavy (non-hydrogen) atoms. The lowest BCUT2D eigenvalue weighted by atomic mass is 10.4. The minimum Gasteiger partial charge on any atom is -0.306 e. The molecule has 0 aliphatic rings. The van der Waals surface area contributed by atoms with Crippen LogP contribution in [0.15, 0.2) is 0 Å². The molecule has 0 atom stereocenters. The van der Waals surface area contributed by atoms with E-state index in [4.69, 9.17) is 0 Å². The van der Waals surface area contributed by atoms with Gasteiger partial charge in [-0.05, 0) is 6.26 Å². The van der Waals surface area contributed by atoms with E-state index in [0.29, 0.717) is 6.04 Å². The molecule has 44 valence electrons.